The molecule has 2 heterocycles. The molecular formula is C50H32N4. The van der Waals surface area contributed by atoms with Gasteiger partial charge >= 0.3 is 0 Å². The van der Waals surface area contributed by atoms with E-state index in [-0.39, 0.29) is 0 Å². The first-order chi connectivity index (χ1) is 26.7. The van der Waals surface area contributed by atoms with E-state index in [1.807, 2.05) is 36.4 Å². The fraction of sp³-hybridized carbons (Fsp3) is 0. The summed E-state index contributed by atoms with van der Waals surface area (Å²) in [4.78, 5) is 20.3. The van der Waals surface area contributed by atoms with Gasteiger partial charge in [0.25, 0.3) is 0 Å². The van der Waals surface area contributed by atoms with E-state index in [4.69, 9.17) is 19.9 Å². The SMILES string of the molecule is c1ccc(-c2ccc(-c3nc(-c4ccccc4)nc(-c4ccc(-c5nc6ccc(-c7ccccc7)cc6c6c5ccc5ccccc56)cc4)n3)cc2)cc1. The van der Waals surface area contributed by atoms with E-state index in [0.29, 0.717) is 17.5 Å². The van der Waals surface area contributed by atoms with Crippen molar-refractivity contribution in [2.75, 3.05) is 0 Å². The number of aromatic nitrogens is 4. The van der Waals surface area contributed by atoms with Crippen LogP contribution < -0.4 is 0 Å². The van der Waals surface area contributed by atoms with Gasteiger partial charge in [0.2, 0.25) is 0 Å². The van der Waals surface area contributed by atoms with Crippen molar-refractivity contribution in [3.8, 4) is 67.7 Å². The Bertz CT molecular complexity index is 2940. The highest BCUT2D eigenvalue weighted by atomic mass is 15.0. The summed E-state index contributed by atoms with van der Waals surface area (Å²) in [6.07, 6.45) is 0. The van der Waals surface area contributed by atoms with E-state index in [0.717, 1.165) is 49.8 Å². The van der Waals surface area contributed by atoms with Crippen molar-refractivity contribution in [2.45, 2.75) is 0 Å². The van der Waals surface area contributed by atoms with Gasteiger partial charge in [-0.25, -0.2) is 19.9 Å². The molecule has 10 aromatic rings. The summed E-state index contributed by atoms with van der Waals surface area (Å²) in [6, 6.07) is 67.5. The van der Waals surface area contributed by atoms with Crippen molar-refractivity contribution in [3.63, 3.8) is 0 Å². The topological polar surface area (TPSA) is 51.6 Å². The predicted octanol–water partition coefficient (Wildman–Crippen LogP) is 12.7. The average molecular weight is 689 g/mol. The molecule has 0 saturated heterocycles. The van der Waals surface area contributed by atoms with Crippen LogP contribution in [-0.2, 0) is 0 Å². The van der Waals surface area contributed by atoms with Crippen LogP contribution >= 0.6 is 0 Å². The van der Waals surface area contributed by atoms with Gasteiger partial charge in [0, 0.05) is 38.4 Å². The lowest BCUT2D eigenvalue weighted by Gasteiger charge is -2.14. The van der Waals surface area contributed by atoms with Crippen LogP contribution in [0.15, 0.2) is 194 Å². The average Bonchev–Trinajstić information content (AvgIpc) is 3.26. The van der Waals surface area contributed by atoms with Crippen molar-refractivity contribution in [1.29, 1.82) is 0 Å². The number of hydrogen-bond donors (Lipinski definition) is 0. The summed E-state index contributed by atoms with van der Waals surface area (Å²) in [7, 11) is 0. The lowest BCUT2D eigenvalue weighted by Crippen LogP contribution is -2.00. The first-order valence-electron chi connectivity index (χ1n) is 18.1. The maximum absolute atomic E-state index is 5.31. The number of nitrogens with zero attached hydrogens (tertiary/aromatic N) is 4. The molecule has 0 aliphatic heterocycles. The summed E-state index contributed by atoms with van der Waals surface area (Å²) in [5.74, 6) is 1.88. The molecule has 0 fully saturated rings. The Hall–Kier alpha value is -7.30. The maximum Gasteiger partial charge on any atom is 0.164 e. The third-order valence-electron chi connectivity index (χ3n) is 10.1. The van der Waals surface area contributed by atoms with Gasteiger partial charge in [-0.1, -0.05) is 182 Å². The first-order valence-corrected chi connectivity index (χ1v) is 18.1. The van der Waals surface area contributed by atoms with E-state index in [1.54, 1.807) is 0 Å². The predicted molar refractivity (Wildman–Crippen MR) is 223 cm³/mol. The van der Waals surface area contributed by atoms with Crippen molar-refractivity contribution in [1.82, 2.24) is 19.9 Å². The summed E-state index contributed by atoms with van der Waals surface area (Å²) in [5, 5.41) is 5.90. The van der Waals surface area contributed by atoms with Crippen molar-refractivity contribution in [3.05, 3.63) is 194 Å². The number of pyridine rings is 1. The van der Waals surface area contributed by atoms with E-state index in [9.17, 15) is 0 Å². The second-order valence-corrected chi connectivity index (χ2v) is 13.5. The number of benzene rings is 8. The van der Waals surface area contributed by atoms with Gasteiger partial charge < -0.3 is 0 Å². The third-order valence-corrected chi connectivity index (χ3v) is 10.1. The van der Waals surface area contributed by atoms with Gasteiger partial charge in [-0.3, -0.25) is 0 Å². The number of hydrogen-bond acceptors (Lipinski definition) is 4. The molecule has 0 radical (unpaired) electrons. The molecule has 0 saturated carbocycles. The molecule has 4 heteroatoms. The van der Waals surface area contributed by atoms with Gasteiger partial charge in [0.1, 0.15) is 0 Å². The van der Waals surface area contributed by atoms with Crippen LogP contribution in [0.1, 0.15) is 0 Å². The van der Waals surface area contributed by atoms with Crippen molar-refractivity contribution in [2.24, 2.45) is 0 Å². The summed E-state index contributed by atoms with van der Waals surface area (Å²) >= 11 is 0. The molecule has 0 aliphatic carbocycles. The van der Waals surface area contributed by atoms with Crippen LogP contribution in [0.25, 0.3) is 100 Å². The van der Waals surface area contributed by atoms with Crippen LogP contribution in [0.5, 0.6) is 0 Å². The minimum Gasteiger partial charge on any atom is -0.247 e. The first kappa shape index (κ1) is 31.4. The second kappa shape index (κ2) is 13.4. The zero-order valence-electron chi connectivity index (χ0n) is 29.3. The zero-order chi connectivity index (χ0) is 35.8. The molecule has 0 aliphatic rings. The number of fused-ring (bicyclic) bond motifs is 5. The Morgan fingerprint density at radius 2 is 0.704 bits per heavy atom. The van der Waals surface area contributed by atoms with Gasteiger partial charge in [-0.15, -0.1) is 0 Å². The summed E-state index contributed by atoms with van der Waals surface area (Å²) in [5.41, 5.74) is 10.4. The Balaban J connectivity index is 1.09. The summed E-state index contributed by atoms with van der Waals surface area (Å²) in [6.45, 7) is 0. The molecule has 4 nitrogen and oxygen atoms in total. The molecule has 0 spiro atoms. The van der Waals surface area contributed by atoms with E-state index in [1.165, 1.54) is 32.8 Å². The molecule has 252 valence electrons. The standard InChI is InChI=1S/C50H32N4/c1-4-12-33(13-5-1)35-20-24-39(25-21-35)49-52-48(38-17-8-3-9-18-38)53-50(54-49)40-26-22-37(23-27-40)47-43-30-28-36-16-10-11-19-42(36)46(43)44-32-41(29-31-45(44)51-47)34-14-6-2-7-15-34/h1-32H. The molecule has 10 rings (SSSR count). The Morgan fingerprint density at radius 3 is 1.31 bits per heavy atom. The molecule has 0 bridgehead atoms. The lowest BCUT2D eigenvalue weighted by molar-refractivity contribution is 1.07. The molecule has 0 N–H and O–H groups in total. The molecule has 2 aromatic heterocycles. The fourth-order valence-electron chi connectivity index (χ4n) is 7.37. The Labute approximate surface area is 313 Å². The van der Waals surface area contributed by atoms with Crippen molar-refractivity contribution < 1.29 is 0 Å². The largest absolute Gasteiger partial charge is 0.247 e. The van der Waals surface area contributed by atoms with E-state index >= 15 is 0 Å². The Kier molecular flexibility index (Phi) is 7.77. The van der Waals surface area contributed by atoms with Crippen LogP contribution in [0, 0.1) is 0 Å². The second-order valence-electron chi connectivity index (χ2n) is 13.5. The van der Waals surface area contributed by atoms with E-state index < -0.39 is 0 Å². The highest BCUT2D eigenvalue weighted by molar-refractivity contribution is 6.22. The third kappa shape index (κ3) is 5.76. The lowest BCUT2D eigenvalue weighted by atomic mass is 9.93. The fourth-order valence-corrected chi connectivity index (χ4v) is 7.37. The minimum atomic E-state index is 0.619. The van der Waals surface area contributed by atoms with Gasteiger partial charge in [-0.05, 0) is 45.2 Å². The highest BCUT2D eigenvalue weighted by Crippen LogP contribution is 2.39. The van der Waals surface area contributed by atoms with E-state index in [2.05, 4.69) is 158 Å². The number of rotatable bonds is 6. The van der Waals surface area contributed by atoms with Crippen LogP contribution in [0.3, 0.4) is 0 Å². The monoisotopic (exact) mass is 688 g/mol. The van der Waals surface area contributed by atoms with Crippen molar-refractivity contribution >= 4 is 32.4 Å². The highest BCUT2D eigenvalue weighted by Gasteiger charge is 2.16. The molecule has 54 heavy (non-hydrogen) atoms. The smallest absolute Gasteiger partial charge is 0.164 e. The normalized spacial score (nSPS) is 11.3. The molecule has 0 atom stereocenters. The van der Waals surface area contributed by atoms with Crippen LogP contribution in [-0.4, -0.2) is 19.9 Å². The Morgan fingerprint density at radius 1 is 0.259 bits per heavy atom. The molecule has 8 aromatic carbocycles. The van der Waals surface area contributed by atoms with Gasteiger partial charge in [-0.2, -0.15) is 0 Å². The summed E-state index contributed by atoms with van der Waals surface area (Å²) < 4.78 is 0. The maximum atomic E-state index is 5.31. The van der Waals surface area contributed by atoms with Gasteiger partial charge in [0.05, 0.1) is 11.2 Å². The van der Waals surface area contributed by atoms with Crippen LogP contribution in [0.4, 0.5) is 0 Å². The molecule has 0 unspecified atom stereocenters. The quantitative estimate of drug-likeness (QED) is 0.163. The van der Waals surface area contributed by atoms with Crippen LogP contribution in [0.2, 0.25) is 0 Å². The minimum absolute atomic E-state index is 0.619. The molecule has 0 amide bonds. The van der Waals surface area contributed by atoms with Gasteiger partial charge in [0.15, 0.2) is 17.5 Å². The molecular weight excluding hydrogens is 657 g/mol. The zero-order valence-corrected chi connectivity index (χ0v) is 29.3.